The van der Waals surface area contributed by atoms with Crippen LogP contribution in [0.25, 0.3) is 11.2 Å². The second-order valence-electron chi connectivity index (χ2n) is 4.87. The van der Waals surface area contributed by atoms with E-state index in [1.165, 1.54) is 12.8 Å². The standard InChI is InChI=1S/C12H18N6/c1-18(6-9-2-4-13-5-3-9)12-10-11(15-7-14-10)16-8-17-12/h7-9,13H,2-6H2,1H3,(H,14,15,16,17). The molecule has 2 aromatic heterocycles. The van der Waals surface area contributed by atoms with Gasteiger partial charge in [0, 0.05) is 13.6 Å². The molecule has 1 aliphatic rings. The number of nitrogens with one attached hydrogen (secondary N) is 2. The zero-order chi connectivity index (χ0) is 12.4. The van der Waals surface area contributed by atoms with Crippen LogP contribution in [0, 0.1) is 5.92 Å². The molecule has 0 aromatic carbocycles. The molecule has 0 bridgehead atoms. The van der Waals surface area contributed by atoms with E-state index < -0.39 is 0 Å². The molecule has 0 saturated carbocycles. The largest absolute Gasteiger partial charge is 0.358 e. The molecular weight excluding hydrogens is 228 g/mol. The Labute approximate surface area is 106 Å². The van der Waals surface area contributed by atoms with Crippen LogP contribution in [0.3, 0.4) is 0 Å². The quantitative estimate of drug-likeness (QED) is 0.838. The van der Waals surface area contributed by atoms with E-state index in [1.807, 2.05) is 0 Å². The van der Waals surface area contributed by atoms with Crippen LogP contribution in [-0.4, -0.2) is 46.6 Å². The number of aromatic amines is 1. The summed E-state index contributed by atoms with van der Waals surface area (Å²) >= 11 is 0. The zero-order valence-corrected chi connectivity index (χ0v) is 10.6. The lowest BCUT2D eigenvalue weighted by Gasteiger charge is -2.28. The van der Waals surface area contributed by atoms with E-state index in [9.17, 15) is 0 Å². The van der Waals surface area contributed by atoms with Gasteiger partial charge < -0.3 is 15.2 Å². The Morgan fingerprint density at radius 2 is 2.11 bits per heavy atom. The smallest absolute Gasteiger partial charge is 0.182 e. The van der Waals surface area contributed by atoms with Gasteiger partial charge >= 0.3 is 0 Å². The minimum Gasteiger partial charge on any atom is -0.358 e. The number of aromatic nitrogens is 4. The Morgan fingerprint density at radius 3 is 2.94 bits per heavy atom. The van der Waals surface area contributed by atoms with Crippen molar-refractivity contribution < 1.29 is 0 Å². The van der Waals surface area contributed by atoms with Crippen LogP contribution in [0.2, 0.25) is 0 Å². The maximum atomic E-state index is 4.37. The van der Waals surface area contributed by atoms with E-state index in [-0.39, 0.29) is 0 Å². The Balaban J connectivity index is 1.78. The van der Waals surface area contributed by atoms with Crippen molar-refractivity contribution in [1.82, 2.24) is 25.3 Å². The van der Waals surface area contributed by atoms with E-state index in [4.69, 9.17) is 0 Å². The van der Waals surface area contributed by atoms with Crippen molar-refractivity contribution in [3.8, 4) is 0 Å². The van der Waals surface area contributed by atoms with Gasteiger partial charge in [0.1, 0.15) is 11.8 Å². The summed E-state index contributed by atoms with van der Waals surface area (Å²) in [5.74, 6) is 1.68. The van der Waals surface area contributed by atoms with Crippen molar-refractivity contribution in [2.24, 2.45) is 5.92 Å². The predicted molar refractivity (Wildman–Crippen MR) is 70.5 cm³/mol. The number of H-pyrrole nitrogens is 1. The van der Waals surface area contributed by atoms with Gasteiger partial charge in [-0.3, -0.25) is 0 Å². The van der Waals surface area contributed by atoms with E-state index in [0.29, 0.717) is 0 Å². The van der Waals surface area contributed by atoms with Gasteiger partial charge in [-0.2, -0.15) is 0 Å². The summed E-state index contributed by atoms with van der Waals surface area (Å²) in [6, 6.07) is 0. The van der Waals surface area contributed by atoms with Gasteiger partial charge in [0.25, 0.3) is 0 Å². The lowest BCUT2D eigenvalue weighted by atomic mass is 9.98. The highest BCUT2D eigenvalue weighted by molar-refractivity contribution is 5.82. The van der Waals surface area contributed by atoms with Gasteiger partial charge in [0.15, 0.2) is 11.5 Å². The highest BCUT2D eigenvalue weighted by Crippen LogP contribution is 2.21. The lowest BCUT2D eigenvalue weighted by molar-refractivity contribution is 0.377. The average molecular weight is 246 g/mol. The Hall–Kier alpha value is -1.69. The molecule has 2 N–H and O–H groups in total. The minimum absolute atomic E-state index is 0.733. The van der Waals surface area contributed by atoms with Gasteiger partial charge in [-0.15, -0.1) is 0 Å². The monoisotopic (exact) mass is 246 g/mol. The molecule has 3 heterocycles. The fourth-order valence-corrected chi connectivity index (χ4v) is 2.58. The summed E-state index contributed by atoms with van der Waals surface area (Å²) in [5.41, 5.74) is 1.66. The van der Waals surface area contributed by atoms with E-state index in [2.05, 4.69) is 37.2 Å². The molecule has 0 atom stereocenters. The normalized spacial score (nSPS) is 17.2. The lowest BCUT2D eigenvalue weighted by Crippen LogP contribution is -2.34. The maximum absolute atomic E-state index is 4.37. The molecule has 6 heteroatoms. The van der Waals surface area contributed by atoms with Crippen molar-refractivity contribution in [1.29, 1.82) is 0 Å². The molecule has 18 heavy (non-hydrogen) atoms. The number of nitrogens with zero attached hydrogens (tertiary/aromatic N) is 4. The van der Waals surface area contributed by atoms with Crippen LogP contribution in [0.4, 0.5) is 5.82 Å². The number of fused-ring (bicyclic) bond motifs is 1. The maximum Gasteiger partial charge on any atom is 0.182 e. The van der Waals surface area contributed by atoms with Crippen molar-refractivity contribution in [2.75, 3.05) is 31.6 Å². The van der Waals surface area contributed by atoms with E-state index in [0.717, 1.165) is 42.5 Å². The third-order valence-corrected chi connectivity index (χ3v) is 3.56. The summed E-state index contributed by atoms with van der Waals surface area (Å²) in [4.78, 5) is 18.0. The molecule has 0 radical (unpaired) electrons. The average Bonchev–Trinajstić information content (AvgIpc) is 2.87. The first-order chi connectivity index (χ1) is 8.84. The molecule has 3 rings (SSSR count). The van der Waals surface area contributed by atoms with Crippen LogP contribution in [0.1, 0.15) is 12.8 Å². The van der Waals surface area contributed by atoms with Crippen molar-refractivity contribution in [2.45, 2.75) is 12.8 Å². The third-order valence-electron chi connectivity index (χ3n) is 3.56. The SMILES string of the molecule is CN(CC1CCNCC1)c1ncnc2nc[nH]c12. The first-order valence-electron chi connectivity index (χ1n) is 6.40. The fourth-order valence-electron chi connectivity index (χ4n) is 2.58. The second-order valence-corrected chi connectivity index (χ2v) is 4.87. The number of rotatable bonds is 3. The summed E-state index contributed by atoms with van der Waals surface area (Å²) in [6.07, 6.45) is 5.72. The molecule has 2 aromatic rings. The third kappa shape index (κ3) is 2.15. The molecule has 96 valence electrons. The highest BCUT2D eigenvalue weighted by Gasteiger charge is 2.17. The number of hydrogen-bond acceptors (Lipinski definition) is 5. The van der Waals surface area contributed by atoms with Gasteiger partial charge in [0.2, 0.25) is 0 Å². The molecular formula is C12H18N6. The highest BCUT2D eigenvalue weighted by atomic mass is 15.2. The van der Waals surface area contributed by atoms with Crippen LogP contribution < -0.4 is 10.2 Å². The van der Waals surface area contributed by atoms with Crippen LogP contribution in [0.15, 0.2) is 12.7 Å². The van der Waals surface area contributed by atoms with Crippen LogP contribution >= 0.6 is 0 Å². The molecule has 1 saturated heterocycles. The van der Waals surface area contributed by atoms with Gasteiger partial charge in [-0.25, -0.2) is 15.0 Å². The topological polar surface area (TPSA) is 69.7 Å². The molecule has 0 aliphatic carbocycles. The minimum atomic E-state index is 0.733. The van der Waals surface area contributed by atoms with E-state index >= 15 is 0 Å². The van der Waals surface area contributed by atoms with Crippen LogP contribution in [0.5, 0.6) is 0 Å². The fraction of sp³-hybridized carbons (Fsp3) is 0.583. The zero-order valence-electron chi connectivity index (χ0n) is 10.6. The van der Waals surface area contributed by atoms with E-state index in [1.54, 1.807) is 12.7 Å². The molecule has 0 spiro atoms. The van der Waals surface area contributed by atoms with Gasteiger partial charge in [-0.05, 0) is 31.8 Å². The van der Waals surface area contributed by atoms with Crippen molar-refractivity contribution in [3.63, 3.8) is 0 Å². The molecule has 6 nitrogen and oxygen atoms in total. The summed E-state index contributed by atoms with van der Waals surface area (Å²) in [5, 5.41) is 3.39. The summed E-state index contributed by atoms with van der Waals surface area (Å²) in [6.45, 7) is 3.29. The van der Waals surface area contributed by atoms with Crippen molar-refractivity contribution >= 4 is 17.0 Å². The first kappa shape index (κ1) is 11.4. The number of piperidine rings is 1. The number of imidazole rings is 1. The van der Waals surface area contributed by atoms with Gasteiger partial charge in [0.05, 0.1) is 6.33 Å². The Bertz CT molecular complexity index is 516. The first-order valence-corrected chi connectivity index (χ1v) is 6.40. The number of anilines is 1. The van der Waals surface area contributed by atoms with Crippen LogP contribution in [-0.2, 0) is 0 Å². The number of hydrogen-bond donors (Lipinski definition) is 2. The molecule has 0 amide bonds. The summed E-state index contributed by atoms with van der Waals surface area (Å²) in [7, 11) is 2.09. The second kappa shape index (κ2) is 4.89. The van der Waals surface area contributed by atoms with Gasteiger partial charge in [-0.1, -0.05) is 0 Å². The molecule has 0 unspecified atom stereocenters. The predicted octanol–water partition coefficient (Wildman–Crippen LogP) is 0.789. The van der Waals surface area contributed by atoms with Crippen molar-refractivity contribution in [3.05, 3.63) is 12.7 Å². The molecule has 1 fully saturated rings. The summed E-state index contributed by atoms with van der Waals surface area (Å²) < 4.78 is 0. The Kier molecular flexibility index (Phi) is 3.10. The molecule has 1 aliphatic heterocycles. The Morgan fingerprint density at radius 1 is 1.28 bits per heavy atom.